The fourth-order valence-corrected chi connectivity index (χ4v) is 4.37. The molecule has 7 nitrogen and oxygen atoms in total. The predicted molar refractivity (Wildman–Crippen MR) is 125 cm³/mol. The molecule has 172 valence electrons. The lowest BCUT2D eigenvalue weighted by molar-refractivity contribution is -0.154. The van der Waals surface area contributed by atoms with Crippen LogP contribution in [0.3, 0.4) is 0 Å². The van der Waals surface area contributed by atoms with Crippen molar-refractivity contribution < 1.29 is 14.7 Å². The number of nitrogens with two attached hydrogens (primary N) is 1. The highest BCUT2D eigenvalue weighted by Gasteiger charge is 2.49. The van der Waals surface area contributed by atoms with Gasteiger partial charge in [0, 0.05) is 41.7 Å². The Bertz CT molecular complexity index is 989. The zero-order valence-electron chi connectivity index (χ0n) is 19.0. The summed E-state index contributed by atoms with van der Waals surface area (Å²) in [7, 11) is 0. The van der Waals surface area contributed by atoms with Crippen molar-refractivity contribution in [2.24, 2.45) is 5.41 Å². The third-order valence-corrected chi connectivity index (χ3v) is 6.47. The van der Waals surface area contributed by atoms with Crippen LogP contribution >= 0.6 is 11.6 Å². The van der Waals surface area contributed by atoms with Crippen molar-refractivity contribution in [1.82, 2.24) is 15.2 Å². The van der Waals surface area contributed by atoms with Crippen molar-refractivity contribution >= 4 is 29.2 Å². The van der Waals surface area contributed by atoms with E-state index in [1.54, 1.807) is 29.2 Å². The number of halogens is 1. The van der Waals surface area contributed by atoms with Crippen LogP contribution in [0.15, 0.2) is 42.6 Å². The van der Waals surface area contributed by atoms with E-state index in [0.29, 0.717) is 35.9 Å². The van der Waals surface area contributed by atoms with E-state index in [1.165, 1.54) is 6.20 Å². The summed E-state index contributed by atoms with van der Waals surface area (Å²) in [5.74, 6) is -0.0504. The minimum Gasteiger partial charge on any atom is -0.384 e. The molecule has 2 heterocycles. The summed E-state index contributed by atoms with van der Waals surface area (Å²) >= 11 is 6.00. The molecule has 2 aromatic rings. The van der Waals surface area contributed by atoms with Gasteiger partial charge in [-0.3, -0.25) is 9.59 Å². The van der Waals surface area contributed by atoms with Crippen LogP contribution in [0, 0.1) is 5.41 Å². The number of pyridine rings is 1. The topological polar surface area (TPSA) is 109 Å². The predicted octanol–water partition coefficient (Wildman–Crippen LogP) is 3.36. The van der Waals surface area contributed by atoms with Crippen LogP contribution in [0.25, 0.3) is 0 Å². The molecule has 1 aliphatic heterocycles. The molecular formula is C24H31ClN4O3. The molecule has 1 aromatic carbocycles. The average molecular weight is 459 g/mol. The van der Waals surface area contributed by atoms with Gasteiger partial charge >= 0.3 is 0 Å². The Morgan fingerprint density at radius 1 is 1.22 bits per heavy atom. The van der Waals surface area contributed by atoms with Crippen molar-refractivity contribution in [3.05, 3.63) is 58.7 Å². The molecule has 0 spiro atoms. The molecule has 1 atom stereocenters. The Kier molecular flexibility index (Phi) is 6.54. The van der Waals surface area contributed by atoms with Gasteiger partial charge in [0.1, 0.15) is 5.82 Å². The number of amides is 2. The molecule has 3 rings (SSSR count). The van der Waals surface area contributed by atoms with Crippen LogP contribution in [0.2, 0.25) is 5.02 Å². The van der Waals surface area contributed by atoms with Gasteiger partial charge in [0.15, 0.2) is 0 Å². The summed E-state index contributed by atoms with van der Waals surface area (Å²) in [5, 5.41) is 15.0. The van der Waals surface area contributed by atoms with E-state index in [2.05, 4.69) is 10.3 Å². The number of nitrogens with one attached hydrogen (secondary N) is 1. The third kappa shape index (κ3) is 5.05. The molecule has 0 aliphatic carbocycles. The van der Waals surface area contributed by atoms with Gasteiger partial charge in [-0.1, -0.05) is 37.6 Å². The molecule has 0 bridgehead atoms. The second-order valence-electron chi connectivity index (χ2n) is 9.80. The standard InChI is InChI=1S/C24H31ClN4O3/c1-22(2)15-29(12-11-24(22,32)17-6-8-18(25)9-7-17)20(30)13-23(3,4)28-21(31)16-5-10-19(26)27-14-16/h5-10,14,32H,11-13,15H2,1-4H3,(H2,26,27)(H,28,31)/t24-/m0/s1. The summed E-state index contributed by atoms with van der Waals surface area (Å²) in [6.45, 7) is 8.37. The third-order valence-electron chi connectivity index (χ3n) is 6.22. The highest BCUT2D eigenvalue weighted by Crippen LogP contribution is 2.46. The van der Waals surface area contributed by atoms with Gasteiger partial charge in [0.2, 0.25) is 5.91 Å². The Balaban J connectivity index is 1.66. The lowest BCUT2D eigenvalue weighted by Crippen LogP contribution is -2.58. The fourth-order valence-electron chi connectivity index (χ4n) is 4.25. The molecule has 32 heavy (non-hydrogen) atoms. The minimum atomic E-state index is -1.07. The number of anilines is 1. The van der Waals surface area contributed by atoms with Crippen LogP contribution in [-0.2, 0) is 10.4 Å². The number of nitrogens with zero attached hydrogens (tertiary/aromatic N) is 2. The maximum Gasteiger partial charge on any atom is 0.253 e. The maximum absolute atomic E-state index is 13.1. The summed E-state index contributed by atoms with van der Waals surface area (Å²) < 4.78 is 0. The number of likely N-dealkylation sites (tertiary alicyclic amines) is 1. The number of hydrogen-bond donors (Lipinski definition) is 3. The Labute approximate surface area is 194 Å². The first-order valence-corrected chi connectivity index (χ1v) is 11.0. The fraction of sp³-hybridized carbons (Fsp3) is 0.458. The van der Waals surface area contributed by atoms with Crippen molar-refractivity contribution in [2.75, 3.05) is 18.8 Å². The summed E-state index contributed by atoms with van der Waals surface area (Å²) in [6.07, 6.45) is 1.96. The van der Waals surface area contributed by atoms with Crippen LogP contribution in [-0.4, -0.2) is 45.4 Å². The average Bonchev–Trinajstić information content (AvgIpc) is 2.70. The number of hydrogen-bond acceptors (Lipinski definition) is 5. The van der Waals surface area contributed by atoms with Gasteiger partial charge in [-0.15, -0.1) is 0 Å². The molecule has 1 fully saturated rings. The summed E-state index contributed by atoms with van der Waals surface area (Å²) in [5.41, 5.74) is 4.35. The van der Waals surface area contributed by atoms with E-state index in [0.717, 1.165) is 5.56 Å². The van der Waals surface area contributed by atoms with Gasteiger partial charge in [-0.05, 0) is 50.1 Å². The van der Waals surface area contributed by atoms with Crippen LogP contribution in [0.1, 0.15) is 56.5 Å². The van der Waals surface area contributed by atoms with Gasteiger partial charge in [-0.2, -0.15) is 0 Å². The van der Waals surface area contributed by atoms with E-state index < -0.39 is 16.6 Å². The minimum absolute atomic E-state index is 0.0723. The number of carbonyl (C=O) groups is 2. The number of aromatic nitrogens is 1. The molecule has 0 unspecified atom stereocenters. The summed E-state index contributed by atoms with van der Waals surface area (Å²) in [4.78, 5) is 31.3. The monoisotopic (exact) mass is 458 g/mol. The molecule has 4 N–H and O–H groups in total. The smallest absolute Gasteiger partial charge is 0.253 e. The Morgan fingerprint density at radius 2 is 1.88 bits per heavy atom. The Morgan fingerprint density at radius 3 is 2.44 bits per heavy atom. The van der Waals surface area contributed by atoms with Crippen LogP contribution in [0.5, 0.6) is 0 Å². The normalized spacial score (nSPS) is 20.6. The molecular weight excluding hydrogens is 428 g/mol. The van der Waals surface area contributed by atoms with E-state index in [4.69, 9.17) is 17.3 Å². The highest BCUT2D eigenvalue weighted by molar-refractivity contribution is 6.30. The maximum atomic E-state index is 13.1. The Hall–Kier alpha value is -2.64. The quantitative estimate of drug-likeness (QED) is 0.636. The lowest BCUT2D eigenvalue weighted by Gasteiger charge is -2.51. The molecule has 2 amide bonds. The number of nitrogen functional groups attached to an aromatic ring is 1. The van der Waals surface area contributed by atoms with Gasteiger partial charge < -0.3 is 21.1 Å². The summed E-state index contributed by atoms with van der Waals surface area (Å²) in [6, 6.07) is 10.4. The van der Waals surface area contributed by atoms with Gasteiger partial charge in [-0.25, -0.2) is 4.98 Å². The molecule has 0 radical (unpaired) electrons. The number of piperidine rings is 1. The second-order valence-corrected chi connectivity index (χ2v) is 10.2. The molecule has 1 aromatic heterocycles. The largest absolute Gasteiger partial charge is 0.384 e. The lowest BCUT2D eigenvalue weighted by atomic mass is 9.66. The van der Waals surface area contributed by atoms with E-state index >= 15 is 0 Å². The van der Waals surface area contributed by atoms with E-state index in [9.17, 15) is 14.7 Å². The SMILES string of the molecule is CC(C)(CC(=O)N1CC[C@](O)(c2ccc(Cl)cc2)C(C)(C)C1)NC(=O)c1ccc(N)nc1. The molecule has 1 saturated heterocycles. The van der Waals surface area contributed by atoms with Gasteiger partial charge in [0.25, 0.3) is 5.91 Å². The first-order valence-electron chi connectivity index (χ1n) is 10.6. The molecule has 0 saturated carbocycles. The number of rotatable bonds is 5. The van der Waals surface area contributed by atoms with Crippen molar-refractivity contribution in [1.29, 1.82) is 0 Å². The number of carbonyl (C=O) groups excluding carboxylic acids is 2. The van der Waals surface area contributed by atoms with Gasteiger partial charge in [0.05, 0.1) is 11.2 Å². The van der Waals surface area contributed by atoms with E-state index in [1.807, 2.05) is 39.8 Å². The van der Waals surface area contributed by atoms with Crippen LogP contribution in [0.4, 0.5) is 5.82 Å². The highest BCUT2D eigenvalue weighted by atomic mass is 35.5. The van der Waals surface area contributed by atoms with E-state index in [-0.39, 0.29) is 18.2 Å². The van der Waals surface area contributed by atoms with Crippen molar-refractivity contribution in [3.63, 3.8) is 0 Å². The first kappa shape index (κ1) is 24.0. The second kappa shape index (κ2) is 8.71. The zero-order valence-corrected chi connectivity index (χ0v) is 19.7. The zero-order chi connectivity index (χ0) is 23.7. The first-order chi connectivity index (χ1) is 14.8. The molecule has 1 aliphatic rings. The van der Waals surface area contributed by atoms with Crippen LogP contribution < -0.4 is 11.1 Å². The molecule has 8 heteroatoms. The number of aliphatic hydroxyl groups is 1. The number of benzene rings is 1. The van der Waals surface area contributed by atoms with Crippen molar-refractivity contribution in [2.45, 2.75) is 51.7 Å². The van der Waals surface area contributed by atoms with Crippen molar-refractivity contribution in [3.8, 4) is 0 Å².